The second kappa shape index (κ2) is 6.91. The number of hydrogen-bond donors (Lipinski definition) is 1. The van der Waals surface area contributed by atoms with Crippen LogP contribution in [0, 0.1) is 0 Å². The van der Waals surface area contributed by atoms with Crippen LogP contribution in [0.25, 0.3) is 0 Å². The van der Waals surface area contributed by atoms with Crippen LogP contribution in [0.15, 0.2) is 51.1 Å². The van der Waals surface area contributed by atoms with Gasteiger partial charge in [0.05, 0.1) is 5.02 Å². The standard InChI is InChI=1S/C14H13Cl2NS2/c1-18-12-3-2-4-13(10(12)8-17)19-14-7-9(15)5-6-11(14)16/h2-7H,8,17H2,1H3. The minimum atomic E-state index is 0.511. The number of benzene rings is 2. The summed E-state index contributed by atoms with van der Waals surface area (Å²) >= 11 is 15.5. The number of hydrogen-bond acceptors (Lipinski definition) is 3. The van der Waals surface area contributed by atoms with E-state index < -0.39 is 0 Å². The van der Waals surface area contributed by atoms with Gasteiger partial charge in [0.15, 0.2) is 0 Å². The Balaban J connectivity index is 2.40. The fourth-order valence-electron chi connectivity index (χ4n) is 1.71. The first-order valence-electron chi connectivity index (χ1n) is 5.64. The fraction of sp³-hybridized carbons (Fsp3) is 0.143. The van der Waals surface area contributed by atoms with Crippen molar-refractivity contribution in [2.45, 2.75) is 21.2 Å². The van der Waals surface area contributed by atoms with Crippen molar-refractivity contribution in [2.24, 2.45) is 5.73 Å². The number of nitrogens with two attached hydrogens (primary N) is 1. The molecule has 5 heteroatoms. The molecule has 2 N–H and O–H groups in total. The zero-order chi connectivity index (χ0) is 13.8. The SMILES string of the molecule is CSc1cccc(Sc2cc(Cl)ccc2Cl)c1CN. The predicted molar refractivity (Wildman–Crippen MR) is 86.7 cm³/mol. The summed E-state index contributed by atoms with van der Waals surface area (Å²) in [7, 11) is 0. The van der Waals surface area contributed by atoms with Crippen molar-refractivity contribution in [3.05, 3.63) is 52.0 Å². The van der Waals surface area contributed by atoms with Gasteiger partial charge in [0.25, 0.3) is 0 Å². The molecule has 0 unspecified atom stereocenters. The summed E-state index contributed by atoms with van der Waals surface area (Å²) in [5, 5.41) is 1.38. The Labute approximate surface area is 131 Å². The molecular weight excluding hydrogens is 317 g/mol. The third kappa shape index (κ3) is 3.61. The van der Waals surface area contributed by atoms with Crippen molar-refractivity contribution in [1.29, 1.82) is 0 Å². The lowest BCUT2D eigenvalue weighted by atomic mass is 10.2. The predicted octanol–water partition coefficient (Wildman–Crippen LogP) is 5.33. The van der Waals surface area contributed by atoms with Gasteiger partial charge >= 0.3 is 0 Å². The Morgan fingerprint density at radius 1 is 1.05 bits per heavy atom. The van der Waals surface area contributed by atoms with Crippen LogP contribution in [-0.4, -0.2) is 6.26 Å². The maximum absolute atomic E-state index is 6.20. The monoisotopic (exact) mass is 329 g/mol. The summed E-state index contributed by atoms with van der Waals surface area (Å²) in [5.41, 5.74) is 7.01. The zero-order valence-corrected chi connectivity index (χ0v) is 13.5. The molecule has 0 radical (unpaired) electrons. The Bertz CT molecular complexity index is 588. The quantitative estimate of drug-likeness (QED) is 0.768. The third-order valence-electron chi connectivity index (χ3n) is 2.63. The van der Waals surface area contributed by atoms with E-state index in [0.29, 0.717) is 16.6 Å². The van der Waals surface area contributed by atoms with Crippen LogP contribution in [0.1, 0.15) is 5.56 Å². The van der Waals surface area contributed by atoms with E-state index in [1.54, 1.807) is 29.6 Å². The van der Waals surface area contributed by atoms with Gasteiger partial charge in [0, 0.05) is 26.3 Å². The average molecular weight is 330 g/mol. The molecule has 0 bridgehead atoms. The summed E-state index contributed by atoms with van der Waals surface area (Å²) < 4.78 is 0. The Morgan fingerprint density at radius 3 is 2.47 bits per heavy atom. The van der Waals surface area contributed by atoms with E-state index in [2.05, 4.69) is 18.4 Å². The van der Waals surface area contributed by atoms with Crippen molar-refractivity contribution < 1.29 is 0 Å². The largest absolute Gasteiger partial charge is 0.326 e. The molecule has 2 aromatic rings. The molecule has 0 saturated heterocycles. The Morgan fingerprint density at radius 2 is 1.79 bits per heavy atom. The molecule has 0 amide bonds. The molecule has 0 aromatic heterocycles. The molecule has 1 nitrogen and oxygen atoms in total. The van der Waals surface area contributed by atoms with E-state index in [0.717, 1.165) is 15.4 Å². The maximum atomic E-state index is 6.20. The summed E-state index contributed by atoms with van der Waals surface area (Å²) in [4.78, 5) is 3.27. The average Bonchev–Trinajstić information content (AvgIpc) is 2.42. The molecular formula is C14H13Cl2NS2. The van der Waals surface area contributed by atoms with Crippen molar-refractivity contribution in [3.63, 3.8) is 0 Å². The van der Waals surface area contributed by atoms with Crippen LogP contribution in [0.5, 0.6) is 0 Å². The van der Waals surface area contributed by atoms with E-state index in [4.69, 9.17) is 28.9 Å². The van der Waals surface area contributed by atoms with E-state index in [1.165, 1.54) is 4.90 Å². The lowest BCUT2D eigenvalue weighted by Gasteiger charge is -2.12. The van der Waals surface area contributed by atoms with Crippen LogP contribution in [0.4, 0.5) is 0 Å². The zero-order valence-electron chi connectivity index (χ0n) is 10.3. The first-order valence-corrected chi connectivity index (χ1v) is 8.44. The lowest BCUT2D eigenvalue weighted by Crippen LogP contribution is -2.00. The van der Waals surface area contributed by atoms with Crippen LogP contribution in [0.3, 0.4) is 0 Å². The minimum absolute atomic E-state index is 0.511. The third-order valence-corrected chi connectivity index (χ3v) is 5.29. The van der Waals surface area contributed by atoms with E-state index >= 15 is 0 Å². The molecule has 0 spiro atoms. The van der Waals surface area contributed by atoms with Gasteiger partial charge < -0.3 is 5.73 Å². The summed E-state index contributed by atoms with van der Waals surface area (Å²) in [6.07, 6.45) is 2.05. The first kappa shape index (κ1) is 15.1. The second-order valence-electron chi connectivity index (χ2n) is 3.82. The molecule has 0 aliphatic rings. The van der Waals surface area contributed by atoms with E-state index in [-0.39, 0.29) is 0 Å². The van der Waals surface area contributed by atoms with E-state index in [1.807, 2.05) is 18.2 Å². The highest BCUT2D eigenvalue weighted by atomic mass is 35.5. The molecule has 0 aliphatic carbocycles. The number of thioether (sulfide) groups is 1. The first-order chi connectivity index (χ1) is 9.15. The van der Waals surface area contributed by atoms with Gasteiger partial charge in [-0.25, -0.2) is 0 Å². The van der Waals surface area contributed by atoms with Crippen molar-refractivity contribution in [1.82, 2.24) is 0 Å². The molecule has 100 valence electrons. The van der Waals surface area contributed by atoms with Gasteiger partial charge in [-0.2, -0.15) is 0 Å². The lowest BCUT2D eigenvalue weighted by molar-refractivity contribution is 0.981. The van der Waals surface area contributed by atoms with Crippen LogP contribution in [-0.2, 0) is 6.54 Å². The summed E-state index contributed by atoms with van der Waals surface area (Å²) in [6, 6.07) is 11.6. The maximum Gasteiger partial charge on any atom is 0.0546 e. The molecule has 0 atom stereocenters. The van der Waals surface area contributed by atoms with Gasteiger partial charge in [0.2, 0.25) is 0 Å². The molecule has 2 aromatic carbocycles. The topological polar surface area (TPSA) is 26.0 Å². The van der Waals surface area contributed by atoms with Gasteiger partial charge in [-0.3, -0.25) is 0 Å². The van der Waals surface area contributed by atoms with Crippen molar-refractivity contribution in [2.75, 3.05) is 6.26 Å². The molecule has 0 fully saturated rings. The number of halogens is 2. The fourth-order valence-corrected chi connectivity index (χ4v) is 3.95. The second-order valence-corrected chi connectivity index (χ2v) is 6.59. The van der Waals surface area contributed by atoms with Gasteiger partial charge in [-0.05, 0) is 42.2 Å². The molecule has 2 rings (SSSR count). The molecule has 19 heavy (non-hydrogen) atoms. The van der Waals surface area contributed by atoms with Gasteiger partial charge in [-0.1, -0.05) is 41.0 Å². The highest BCUT2D eigenvalue weighted by molar-refractivity contribution is 8.00. The number of rotatable bonds is 4. The van der Waals surface area contributed by atoms with E-state index in [9.17, 15) is 0 Å². The Hall–Kier alpha value is -0.320. The Kier molecular flexibility index (Phi) is 5.48. The molecule has 0 heterocycles. The van der Waals surface area contributed by atoms with Gasteiger partial charge in [-0.15, -0.1) is 11.8 Å². The van der Waals surface area contributed by atoms with Crippen LogP contribution in [0.2, 0.25) is 10.0 Å². The van der Waals surface area contributed by atoms with Crippen LogP contribution >= 0.6 is 46.7 Å². The van der Waals surface area contributed by atoms with Crippen LogP contribution < -0.4 is 5.73 Å². The van der Waals surface area contributed by atoms with Crippen molar-refractivity contribution >= 4 is 46.7 Å². The highest BCUT2D eigenvalue weighted by Gasteiger charge is 2.10. The normalized spacial score (nSPS) is 10.7. The minimum Gasteiger partial charge on any atom is -0.326 e. The smallest absolute Gasteiger partial charge is 0.0546 e. The summed E-state index contributed by atoms with van der Waals surface area (Å²) in [5.74, 6) is 0. The molecule has 0 saturated carbocycles. The van der Waals surface area contributed by atoms with Crippen molar-refractivity contribution in [3.8, 4) is 0 Å². The van der Waals surface area contributed by atoms with Gasteiger partial charge in [0.1, 0.15) is 0 Å². The summed E-state index contributed by atoms with van der Waals surface area (Å²) in [6.45, 7) is 0.511. The highest BCUT2D eigenvalue weighted by Crippen LogP contribution is 2.38. The molecule has 0 aliphatic heterocycles.